The van der Waals surface area contributed by atoms with Crippen LogP contribution in [0.1, 0.15) is 36.4 Å². The summed E-state index contributed by atoms with van der Waals surface area (Å²) in [5.74, 6) is -0.199. The second kappa shape index (κ2) is 7.42. The number of nitrogens with one attached hydrogen (secondary N) is 1. The Balaban J connectivity index is 2.10. The van der Waals surface area contributed by atoms with Gasteiger partial charge in [0.25, 0.3) is 5.91 Å². The van der Waals surface area contributed by atoms with E-state index in [9.17, 15) is 20.2 Å². The third-order valence-electron chi connectivity index (χ3n) is 4.22. The second-order valence-electron chi connectivity index (χ2n) is 6.24. The standard InChI is InChI=1S/C18H16N4O3S2/c1-10(2)11-3-5-12(6-4-11)21-16(14-7-8-15(27-14)22(24)25)20-17(23)13(9-19)18(21)26/h3-8,10,16,26H,1-2H3,(H,20,23). The molecule has 1 aromatic heterocycles. The summed E-state index contributed by atoms with van der Waals surface area (Å²) in [6.07, 6.45) is -0.689. The van der Waals surface area contributed by atoms with Crippen LogP contribution in [0.3, 0.4) is 0 Å². The SMILES string of the molecule is CC(C)c1ccc(N2C(S)=C(C#N)C(=O)NC2c2ccc([N+](=O)[O-])s2)cc1. The summed E-state index contributed by atoms with van der Waals surface area (Å²) >= 11 is 5.39. The molecule has 9 heteroatoms. The highest BCUT2D eigenvalue weighted by molar-refractivity contribution is 7.84. The van der Waals surface area contributed by atoms with E-state index in [0.29, 0.717) is 10.8 Å². The predicted octanol–water partition coefficient (Wildman–Crippen LogP) is 4.08. The molecule has 2 aromatic rings. The van der Waals surface area contributed by atoms with Crippen LogP contribution in [0.25, 0.3) is 0 Å². The van der Waals surface area contributed by atoms with E-state index in [1.165, 1.54) is 6.07 Å². The van der Waals surface area contributed by atoms with Gasteiger partial charge in [-0.05, 0) is 29.7 Å². The van der Waals surface area contributed by atoms with Gasteiger partial charge in [0.2, 0.25) is 0 Å². The van der Waals surface area contributed by atoms with E-state index in [4.69, 9.17) is 0 Å². The highest BCUT2D eigenvalue weighted by atomic mass is 32.1. The fraction of sp³-hybridized carbons (Fsp3) is 0.222. The Hall–Kier alpha value is -2.83. The number of nitrogens with zero attached hydrogens (tertiary/aromatic N) is 3. The number of thiol groups is 1. The van der Waals surface area contributed by atoms with Crippen molar-refractivity contribution in [2.24, 2.45) is 0 Å². The number of benzene rings is 1. The molecule has 7 nitrogen and oxygen atoms in total. The molecule has 1 N–H and O–H groups in total. The molecule has 138 valence electrons. The Morgan fingerprint density at radius 2 is 1.96 bits per heavy atom. The first-order valence-electron chi connectivity index (χ1n) is 8.11. The summed E-state index contributed by atoms with van der Waals surface area (Å²) < 4.78 is 0. The van der Waals surface area contributed by atoms with Crippen molar-refractivity contribution in [3.63, 3.8) is 0 Å². The average Bonchev–Trinajstić information content (AvgIpc) is 3.12. The molecule has 0 radical (unpaired) electrons. The van der Waals surface area contributed by atoms with Gasteiger partial charge in [-0.2, -0.15) is 5.26 Å². The number of amides is 1. The maximum atomic E-state index is 12.3. The molecule has 1 atom stereocenters. The molecule has 1 aliphatic heterocycles. The summed E-state index contributed by atoms with van der Waals surface area (Å²) in [5, 5.41) is 23.3. The van der Waals surface area contributed by atoms with Gasteiger partial charge in [0.05, 0.1) is 14.8 Å². The number of nitriles is 1. The minimum atomic E-state index is -0.689. The third-order valence-corrected chi connectivity index (χ3v) is 5.75. The number of carbonyl (C=O) groups is 1. The smallest absolute Gasteiger partial charge is 0.324 e. The molecule has 3 rings (SSSR count). The van der Waals surface area contributed by atoms with Crippen LogP contribution in [0.5, 0.6) is 0 Å². The zero-order valence-electron chi connectivity index (χ0n) is 14.5. The first-order chi connectivity index (χ1) is 12.8. The molecule has 0 fully saturated rings. The molecule has 1 amide bonds. The first-order valence-corrected chi connectivity index (χ1v) is 9.37. The van der Waals surface area contributed by atoms with Crippen molar-refractivity contribution in [3.8, 4) is 6.07 Å². The van der Waals surface area contributed by atoms with Gasteiger partial charge in [-0.25, -0.2) is 0 Å². The van der Waals surface area contributed by atoms with Gasteiger partial charge in [-0.3, -0.25) is 14.9 Å². The van der Waals surface area contributed by atoms with E-state index < -0.39 is 17.0 Å². The Morgan fingerprint density at radius 3 is 2.48 bits per heavy atom. The Kier molecular flexibility index (Phi) is 5.21. The summed E-state index contributed by atoms with van der Waals surface area (Å²) in [5.41, 5.74) is 1.76. The molecule has 0 saturated carbocycles. The third kappa shape index (κ3) is 3.54. The topological polar surface area (TPSA) is 99.3 Å². The van der Waals surface area contributed by atoms with Crippen molar-refractivity contribution in [1.29, 1.82) is 5.26 Å². The lowest BCUT2D eigenvalue weighted by Gasteiger charge is -2.37. The number of hydrogen-bond acceptors (Lipinski definition) is 7. The largest absolute Gasteiger partial charge is 0.326 e. The molecule has 0 bridgehead atoms. The zero-order valence-corrected chi connectivity index (χ0v) is 16.3. The summed E-state index contributed by atoms with van der Waals surface area (Å²) in [6, 6.07) is 12.6. The number of hydrogen-bond donors (Lipinski definition) is 2. The number of rotatable bonds is 4. The number of thiophene rings is 1. The fourth-order valence-electron chi connectivity index (χ4n) is 2.78. The first kappa shape index (κ1) is 18.9. The molecule has 1 aliphatic rings. The highest BCUT2D eigenvalue weighted by Crippen LogP contribution is 2.39. The van der Waals surface area contributed by atoms with E-state index in [0.717, 1.165) is 22.6 Å². The van der Waals surface area contributed by atoms with E-state index in [1.807, 2.05) is 30.3 Å². The Bertz CT molecular complexity index is 973. The summed E-state index contributed by atoms with van der Waals surface area (Å²) in [6.45, 7) is 4.17. The quantitative estimate of drug-likeness (QED) is 0.458. The predicted molar refractivity (Wildman–Crippen MR) is 106 cm³/mol. The molecule has 1 aromatic carbocycles. The molecular formula is C18H16N4O3S2. The summed E-state index contributed by atoms with van der Waals surface area (Å²) in [4.78, 5) is 25.1. The van der Waals surface area contributed by atoms with Crippen LogP contribution < -0.4 is 10.2 Å². The van der Waals surface area contributed by atoms with E-state index in [1.54, 1.807) is 11.0 Å². The minimum absolute atomic E-state index is 0.0230. The molecule has 27 heavy (non-hydrogen) atoms. The fourth-order valence-corrected chi connectivity index (χ4v) is 4.03. The van der Waals surface area contributed by atoms with E-state index in [-0.39, 0.29) is 15.6 Å². The van der Waals surface area contributed by atoms with Gasteiger partial charge in [0, 0.05) is 11.8 Å². The number of carbonyl (C=O) groups excluding carboxylic acids is 1. The lowest BCUT2D eigenvalue weighted by molar-refractivity contribution is -0.380. The molecule has 1 unspecified atom stereocenters. The lowest BCUT2D eigenvalue weighted by Crippen LogP contribution is -2.45. The normalized spacial score (nSPS) is 17.1. The van der Waals surface area contributed by atoms with Crippen molar-refractivity contribution in [3.05, 3.63) is 67.6 Å². The highest BCUT2D eigenvalue weighted by Gasteiger charge is 2.35. The molecule has 0 aliphatic carbocycles. The van der Waals surface area contributed by atoms with Crippen LogP contribution in [-0.4, -0.2) is 10.8 Å². The maximum absolute atomic E-state index is 12.3. The molecule has 0 spiro atoms. The minimum Gasteiger partial charge on any atom is -0.326 e. The van der Waals surface area contributed by atoms with Crippen LogP contribution in [0.4, 0.5) is 10.7 Å². The molecule has 0 saturated heterocycles. The van der Waals surface area contributed by atoms with Gasteiger partial charge in [-0.15, -0.1) is 12.6 Å². The Morgan fingerprint density at radius 1 is 1.30 bits per heavy atom. The second-order valence-corrected chi connectivity index (χ2v) is 7.75. The van der Waals surface area contributed by atoms with Crippen molar-refractivity contribution < 1.29 is 9.72 Å². The van der Waals surface area contributed by atoms with Crippen molar-refractivity contribution in [2.75, 3.05) is 4.90 Å². The maximum Gasteiger partial charge on any atom is 0.324 e. The van der Waals surface area contributed by atoms with Gasteiger partial charge in [-0.1, -0.05) is 37.3 Å². The van der Waals surface area contributed by atoms with E-state index >= 15 is 0 Å². The average molecular weight is 400 g/mol. The molecular weight excluding hydrogens is 384 g/mol. The van der Waals surface area contributed by atoms with Gasteiger partial charge in [0.1, 0.15) is 17.8 Å². The monoisotopic (exact) mass is 400 g/mol. The molecule has 2 heterocycles. The van der Waals surface area contributed by atoms with E-state index in [2.05, 4.69) is 31.8 Å². The van der Waals surface area contributed by atoms with Crippen molar-refractivity contribution >= 4 is 40.6 Å². The van der Waals surface area contributed by atoms with Crippen LogP contribution in [-0.2, 0) is 4.79 Å². The van der Waals surface area contributed by atoms with Gasteiger partial charge < -0.3 is 10.2 Å². The van der Waals surface area contributed by atoms with Crippen LogP contribution in [0, 0.1) is 21.4 Å². The Labute approximate surface area is 165 Å². The zero-order chi connectivity index (χ0) is 19.7. The summed E-state index contributed by atoms with van der Waals surface area (Å²) in [7, 11) is 0. The van der Waals surface area contributed by atoms with Crippen LogP contribution in [0.2, 0.25) is 0 Å². The van der Waals surface area contributed by atoms with Gasteiger partial charge in [0.15, 0.2) is 0 Å². The number of anilines is 1. The van der Waals surface area contributed by atoms with Crippen LogP contribution >= 0.6 is 24.0 Å². The van der Waals surface area contributed by atoms with Crippen molar-refractivity contribution in [1.82, 2.24) is 5.32 Å². The lowest BCUT2D eigenvalue weighted by atomic mass is 10.0. The number of nitro groups is 1. The van der Waals surface area contributed by atoms with Crippen molar-refractivity contribution in [2.45, 2.75) is 25.9 Å². The van der Waals surface area contributed by atoms with Gasteiger partial charge >= 0.3 is 5.00 Å². The van der Waals surface area contributed by atoms with Crippen LogP contribution in [0.15, 0.2) is 47.0 Å².